The van der Waals surface area contributed by atoms with Crippen molar-refractivity contribution in [3.05, 3.63) is 16.3 Å². The molecule has 1 aliphatic heterocycles. The lowest BCUT2D eigenvalue weighted by Crippen LogP contribution is -2.39. The Kier molecular flexibility index (Phi) is 3.57. The molecule has 0 aliphatic carbocycles. The molecule has 0 aromatic carbocycles. The number of carbonyl (C=O) groups excluding carboxylic acids is 1. The molecule has 1 aliphatic rings. The van der Waals surface area contributed by atoms with Crippen molar-refractivity contribution in [2.24, 2.45) is 5.92 Å². The number of amides is 1. The number of aromatic nitrogens is 2. The van der Waals surface area contributed by atoms with E-state index < -0.39 is 0 Å². The fourth-order valence-electron chi connectivity index (χ4n) is 2.86. The summed E-state index contributed by atoms with van der Waals surface area (Å²) in [7, 11) is 0. The molecule has 21 heavy (non-hydrogen) atoms. The molecular formula is C15H20N4OS. The van der Waals surface area contributed by atoms with E-state index in [1.54, 1.807) is 11.3 Å². The van der Waals surface area contributed by atoms with Gasteiger partial charge in [-0.25, -0.2) is 9.97 Å². The summed E-state index contributed by atoms with van der Waals surface area (Å²) < 4.78 is 0. The number of thiophene rings is 1. The maximum absolute atomic E-state index is 12.2. The van der Waals surface area contributed by atoms with Gasteiger partial charge in [-0.3, -0.25) is 4.79 Å². The molecule has 2 N–H and O–H groups in total. The van der Waals surface area contributed by atoms with E-state index in [-0.39, 0.29) is 11.8 Å². The van der Waals surface area contributed by atoms with Crippen molar-refractivity contribution in [3.8, 4) is 0 Å². The molecule has 2 aromatic heterocycles. The Morgan fingerprint density at radius 2 is 2.14 bits per heavy atom. The van der Waals surface area contributed by atoms with Crippen molar-refractivity contribution in [2.45, 2.75) is 40.2 Å². The quantitative estimate of drug-likeness (QED) is 0.926. The Morgan fingerprint density at radius 3 is 2.90 bits per heavy atom. The second-order valence-electron chi connectivity index (χ2n) is 5.79. The third kappa shape index (κ3) is 2.48. The van der Waals surface area contributed by atoms with Crippen LogP contribution >= 0.6 is 11.3 Å². The second-order valence-corrected chi connectivity index (χ2v) is 6.99. The topological polar surface area (TPSA) is 72.1 Å². The molecule has 0 bridgehead atoms. The molecule has 2 aromatic rings. The van der Waals surface area contributed by atoms with Crippen LogP contribution in [0.2, 0.25) is 0 Å². The van der Waals surface area contributed by atoms with Crippen LogP contribution in [-0.2, 0) is 11.3 Å². The molecule has 3 heterocycles. The first kappa shape index (κ1) is 14.3. The van der Waals surface area contributed by atoms with Gasteiger partial charge < -0.3 is 10.6 Å². The van der Waals surface area contributed by atoms with Crippen molar-refractivity contribution in [1.82, 2.24) is 14.9 Å². The Labute approximate surface area is 128 Å². The Bertz CT molecular complexity index is 709. The van der Waals surface area contributed by atoms with E-state index in [4.69, 9.17) is 5.73 Å². The number of nitrogens with two attached hydrogens (primary N) is 1. The van der Waals surface area contributed by atoms with Gasteiger partial charge in [0.15, 0.2) is 5.82 Å². The van der Waals surface area contributed by atoms with Crippen molar-refractivity contribution in [3.63, 3.8) is 0 Å². The SMILES string of the molecule is Cc1sc2nc(CN3CCCC(C)C3=O)nc(N)c2c1C. The zero-order valence-electron chi connectivity index (χ0n) is 12.6. The lowest BCUT2D eigenvalue weighted by molar-refractivity contribution is -0.138. The first-order valence-electron chi connectivity index (χ1n) is 7.28. The van der Waals surface area contributed by atoms with Crippen molar-refractivity contribution in [1.29, 1.82) is 0 Å². The van der Waals surface area contributed by atoms with Crippen molar-refractivity contribution >= 4 is 33.3 Å². The van der Waals surface area contributed by atoms with Gasteiger partial charge in [0.1, 0.15) is 10.6 Å². The van der Waals surface area contributed by atoms with Gasteiger partial charge in [0.25, 0.3) is 0 Å². The van der Waals surface area contributed by atoms with E-state index in [9.17, 15) is 4.79 Å². The predicted molar refractivity (Wildman–Crippen MR) is 85.1 cm³/mol. The van der Waals surface area contributed by atoms with Crippen molar-refractivity contribution < 1.29 is 4.79 Å². The maximum atomic E-state index is 12.2. The predicted octanol–water partition coefficient (Wildman–Crippen LogP) is 2.65. The minimum Gasteiger partial charge on any atom is -0.383 e. The molecule has 0 radical (unpaired) electrons. The number of hydrogen-bond donors (Lipinski definition) is 1. The lowest BCUT2D eigenvalue weighted by atomic mass is 9.99. The fourth-order valence-corrected chi connectivity index (χ4v) is 3.91. The van der Waals surface area contributed by atoms with Crippen LogP contribution in [0.3, 0.4) is 0 Å². The minimum atomic E-state index is 0.103. The van der Waals surface area contributed by atoms with Gasteiger partial charge in [-0.15, -0.1) is 11.3 Å². The third-order valence-corrected chi connectivity index (χ3v) is 5.33. The summed E-state index contributed by atoms with van der Waals surface area (Å²) in [5.41, 5.74) is 7.24. The number of anilines is 1. The van der Waals surface area contributed by atoms with E-state index >= 15 is 0 Å². The number of carbonyl (C=O) groups is 1. The Hall–Kier alpha value is -1.69. The molecule has 1 atom stereocenters. The fraction of sp³-hybridized carbons (Fsp3) is 0.533. The summed E-state index contributed by atoms with van der Waals surface area (Å²) >= 11 is 1.64. The van der Waals surface area contributed by atoms with E-state index in [0.29, 0.717) is 18.2 Å². The summed E-state index contributed by atoms with van der Waals surface area (Å²) in [6, 6.07) is 0. The van der Waals surface area contributed by atoms with Gasteiger partial charge in [0.05, 0.1) is 11.9 Å². The monoisotopic (exact) mass is 304 g/mol. The zero-order chi connectivity index (χ0) is 15.1. The van der Waals surface area contributed by atoms with Crippen LogP contribution in [-0.4, -0.2) is 27.3 Å². The van der Waals surface area contributed by atoms with E-state index in [0.717, 1.165) is 35.2 Å². The maximum Gasteiger partial charge on any atom is 0.225 e. The van der Waals surface area contributed by atoms with Crippen LogP contribution in [0.4, 0.5) is 5.82 Å². The summed E-state index contributed by atoms with van der Waals surface area (Å²) in [5, 5.41) is 0.958. The average molecular weight is 304 g/mol. The van der Waals surface area contributed by atoms with Gasteiger partial charge in [-0.1, -0.05) is 6.92 Å². The lowest BCUT2D eigenvalue weighted by Gasteiger charge is -2.30. The first-order valence-corrected chi connectivity index (χ1v) is 8.10. The first-order chi connectivity index (χ1) is 9.97. The summed E-state index contributed by atoms with van der Waals surface area (Å²) in [6.07, 6.45) is 2.02. The number of fused-ring (bicyclic) bond motifs is 1. The smallest absolute Gasteiger partial charge is 0.225 e. The summed E-state index contributed by atoms with van der Waals surface area (Å²) in [5.74, 6) is 1.46. The van der Waals surface area contributed by atoms with Crippen LogP contribution in [0.15, 0.2) is 0 Å². The van der Waals surface area contributed by atoms with Crippen LogP contribution in [0.25, 0.3) is 10.2 Å². The molecule has 0 spiro atoms. The zero-order valence-corrected chi connectivity index (χ0v) is 13.5. The minimum absolute atomic E-state index is 0.103. The van der Waals surface area contributed by atoms with E-state index in [1.165, 1.54) is 4.88 Å². The Balaban J connectivity index is 1.93. The normalized spacial score (nSPS) is 19.5. The van der Waals surface area contributed by atoms with Crippen LogP contribution in [0, 0.1) is 19.8 Å². The highest BCUT2D eigenvalue weighted by atomic mass is 32.1. The molecule has 3 rings (SSSR count). The molecule has 1 saturated heterocycles. The number of aryl methyl sites for hydroxylation is 2. The highest BCUT2D eigenvalue weighted by molar-refractivity contribution is 7.18. The molecule has 5 nitrogen and oxygen atoms in total. The van der Waals surface area contributed by atoms with Crippen LogP contribution < -0.4 is 5.73 Å². The number of likely N-dealkylation sites (tertiary alicyclic amines) is 1. The Morgan fingerprint density at radius 1 is 1.38 bits per heavy atom. The van der Waals surface area contributed by atoms with Gasteiger partial charge in [-0.05, 0) is 32.3 Å². The molecule has 1 fully saturated rings. The highest BCUT2D eigenvalue weighted by Crippen LogP contribution is 2.32. The molecule has 6 heteroatoms. The van der Waals surface area contributed by atoms with E-state index in [2.05, 4.69) is 16.9 Å². The van der Waals surface area contributed by atoms with Gasteiger partial charge >= 0.3 is 0 Å². The highest BCUT2D eigenvalue weighted by Gasteiger charge is 2.26. The standard InChI is InChI=1S/C15H20N4OS/c1-8-5-4-6-19(15(8)20)7-11-17-13(16)12-9(2)10(3)21-14(12)18-11/h8H,4-7H2,1-3H3,(H2,16,17,18). The number of hydrogen-bond acceptors (Lipinski definition) is 5. The van der Waals surface area contributed by atoms with Gasteiger partial charge in [0, 0.05) is 17.3 Å². The summed E-state index contributed by atoms with van der Waals surface area (Å²) in [6.45, 7) is 7.34. The number of piperidine rings is 1. The van der Waals surface area contributed by atoms with Crippen LogP contribution in [0.1, 0.15) is 36.0 Å². The third-order valence-electron chi connectivity index (χ3n) is 4.23. The molecule has 0 saturated carbocycles. The van der Waals surface area contributed by atoms with Crippen molar-refractivity contribution in [2.75, 3.05) is 12.3 Å². The number of nitrogens with zero attached hydrogens (tertiary/aromatic N) is 3. The molecule has 1 amide bonds. The van der Waals surface area contributed by atoms with Gasteiger partial charge in [-0.2, -0.15) is 0 Å². The number of rotatable bonds is 2. The number of nitrogen functional groups attached to an aromatic ring is 1. The largest absolute Gasteiger partial charge is 0.383 e. The molecular weight excluding hydrogens is 284 g/mol. The summed E-state index contributed by atoms with van der Waals surface area (Å²) in [4.78, 5) is 25.2. The molecule has 1 unspecified atom stereocenters. The second kappa shape index (κ2) is 5.26. The van der Waals surface area contributed by atoms with E-state index in [1.807, 2.05) is 18.7 Å². The molecule has 112 valence electrons. The van der Waals surface area contributed by atoms with Gasteiger partial charge in [0.2, 0.25) is 5.91 Å². The average Bonchev–Trinajstić information content (AvgIpc) is 2.71. The van der Waals surface area contributed by atoms with Crippen LogP contribution in [0.5, 0.6) is 0 Å².